The zero-order chi connectivity index (χ0) is 16.2. The van der Waals surface area contributed by atoms with Gasteiger partial charge < -0.3 is 15.5 Å². The number of halogens is 3. The number of anilines is 1. The standard InChI is InChI=1S/C14H17F3N4O/c1-18-13(19-8-12(22)20-9-14(15,16)17)21-7-6-10-4-2-3-5-11(10)21/h2-5H,6-9H2,1H3,(H,18,19)(H,20,22). The van der Waals surface area contributed by atoms with Crippen LogP contribution in [0.1, 0.15) is 5.56 Å². The molecule has 8 heteroatoms. The van der Waals surface area contributed by atoms with E-state index in [1.54, 1.807) is 7.05 Å². The van der Waals surface area contributed by atoms with Crippen LogP contribution in [0, 0.1) is 0 Å². The zero-order valence-electron chi connectivity index (χ0n) is 12.1. The van der Waals surface area contributed by atoms with Gasteiger partial charge in [0.15, 0.2) is 5.96 Å². The van der Waals surface area contributed by atoms with E-state index in [4.69, 9.17) is 0 Å². The number of aliphatic imine (C=N–C) groups is 1. The van der Waals surface area contributed by atoms with Crippen LogP contribution in [-0.4, -0.2) is 44.7 Å². The van der Waals surface area contributed by atoms with Gasteiger partial charge in [-0.15, -0.1) is 0 Å². The first kappa shape index (κ1) is 16.1. The molecule has 0 aliphatic carbocycles. The summed E-state index contributed by atoms with van der Waals surface area (Å²) in [6.07, 6.45) is -3.55. The van der Waals surface area contributed by atoms with Gasteiger partial charge in [-0.05, 0) is 18.1 Å². The van der Waals surface area contributed by atoms with Crippen LogP contribution in [0.3, 0.4) is 0 Å². The highest BCUT2D eigenvalue weighted by Gasteiger charge is 2.28. The maximum Gasteiger partial charge on any atom is 0.405 e. The Hall–Kier alpha value is -2.25. The minimum absolute atomic E-state index is 0.262. The van der Waals surface area contributed by atoms with Gasteiger partial charge in [0.1, 0.15) is 6.54 Å². The summed E-state index contributed by atoms with van der Waals surface area (Å²) >= 11 is 0. The van der Waals surface area contributed by atoms with Crippen molar-refractivity contribution in [1.82, 2.24) is 10.6 Å². The molecule has 1 aromatic carbocycles. The Morgan fingerprint density at radius 1 is 1.32 bits per heavy atom. The first-order chi connectivity index (χ1) is 10.4. The lowest BCUT2D eigenvalue weighted by Crippen LogP contribution is -2.46. The van der Waals surface area contributed by atoms with Crippen molar-refractivity contribution in [2.45, 2.75) is 12.6 Å². The Bertz CT molecular complexity index is 571. The predicted molar refractivity (Wildman–Crippen MR) is 77.9 cm³/mol. The van der Waals surface area contributed by atoms with Crippen molar-refractivity contribution < 1.29 is 18.0 Å². The number of carbonyl (C=O) groups is 1. The third-order valence-electron chi connectivity index (χ3n) is 3.25. The summed E-state index contributed by atoms with van der Waals surface area (Å²) in [5.74, 6) is -0.266. The van der Waals surface area contributed by atoms with Crippen LogP contribution in [0.25, 0.3) is 0 Å². The molecule has 5 nitrogen and oxygen atoms in total. The fraction of sp³-hybridized carbons (Fsp3) is 0.429. The van der Waals surface area contributed by atoms with Gasteiger partial charge in [0.05, 0.1) is 6.54 Å². The van der Waals surface area contributed by atoms with Gasteiger partial charge in [0, 0.05) is 19.3 Å². The molecule has 2 rings (SSSR count). The average molecular weight is 314 g/mol. The summed E-state index contributed by atoms with van der Waals surface area (Å²) in [4.78, 5) is 17.4. The third kappa shape index (κ3) is 4.12. The average Bonchev–Trinajstić information content (AvgIpc) is 2.89. The maximum absolute atomic E-state index is 12.0. The summed E-state index contributed by atoms with van der Waals surface area (Å²) < 4.78 is 36.1. The second-order valence-electron chi connectivity index (χ2n) is 4.82. The smallest absolute Gasteiger partial charge is 0.347 e. The van der Waals surface area contributed by atoms with Crippen molar-refractivity contribution in [3.8, 4) is 0 Å². The molecule has 0 bridgehead atoms. The van der Waals surface area contributed by atoms with Gasteiger partial charge in [-0.3, -0.25) is 9.79 Å². The number of nitrogens with one attached hydrogen (secondary N) is 2. The van der Waals surface area contributed by atoms with E-state index in [-0.39, 0.29) is 6.54 Å². The zero-order valence-corrected chi connectivity index (χ0v) is 12.1. The Kier molecular flexibility index (Phi) is 4.89. The van der Waals surface area contributed by atoms with E-state index in [0.29, 0.717) is 12.5 Å². The van der Waals surface area contributed by atoms with E-state index in [1.807, 2.05) is 34.5 Å². The third-order valence-corrected chi connectivity index (χ3v) is 3.25. The molecule has 22 heavy (non-hydrogen) atoms. The van der Waals surface area contributed by atoms with Crippen LogP contribution >= 0.6 is 0 Å². The van der Waals surface area contributed by atoms with Crippen LogP contribution in [0.15, 0.2) is 29.3 Å². The van der Waals surface area contributed by atoms with Crippen molar-refractivity contribution >= 4 is 17.6 Å². The van der Waals surface area contributed by atoms with Crippen LogP contribution in [0.5, 0.6) is 0 Å². The molecule has 1 heterocycles. The fourth-order valence-electron chi connectivity index (χ4n) is 2.27. The number of nitrogens with zero attached hydrogens (tertiary/aromatic N) is 2. The van der Waals surface area contributed by atoms with Crippen molar-refractivity contribution in [3.63, 3.8) is 0 Å². The molecule has 0 saturated carbocycles. The maximum atomic E-state index is 12.0. The van der Waals surface area contributed by atoms with Gasteiger partial charge in [-0.2, -0.15) is 13.2 Å². The summed E-state index contributed by atoms with van der Waals surface area (Å²) in [5, 5.41) is 4.60. The number of hydrogen-bond donors (Lipinski definition) is 2. The molecule has 1 amide bonds. The number of benzene rings is 1. The number of rotatable bonds is 3. The van der Waals surface area contributed by atoms with Gasteiger partial charge >= 0.3 is 6.18 Å². The number of carbonyl (C=O) groups excluding carboxylic acids is 1. The Balaban J connectivity index is 1.91. The minimum atomic E-state index is -4.41. The molecule has 0 spiro atoms. The van der Waals surface area contributed by atoms with Crippen molar-refractivity contribution in [3.05, 3.63) is 29.8 Å². The molecule has 0 unspecified atom stereocenters. The predicted octanol–water partition coefficient (Wildman–Crippen LogP) is 1.30. The van der Waals surface area contributed by atoms with E-state index in [0.717, 1.165) is 12.1 Å². The molecule has 0 atom stereocenters. The molecule has 1 aromatic rings. The van der Waals surface area contributed by atoms with Crippen LogP contribution in [0.4, 0.5) is 18.9 Å². The monoisotopic (exact) mass is 314 g/mol. The molecular weight excluding hydrogens is 297 g/mol. The van der Waals surface area contributed by atoms with Gasteiger partial charge in [0.25, 0.3) is 0 Å². The number of para-hydroxylation sites is 1. The van der Waals surface area contributed by atoms with Crippen molar-refractivity contribution in [2.75, 3.05) is 31.6 Å². The van der Waals surface area contributed by atoms with E-state index in [2.05, 4.69) is 10.3 Å². The summed E-state index contributed by atoms with van der Waals surface area (Å²) in [5.41, 5.74) is 2.17. The summed E-state index contributed by atoms with van der Waals surface area (Å²) in [7, 11) is 1.57. The van der Waals surface area contributed by atoms with Gasteiger partial charge in [-0.25, -0.2) is 0 Å². The first-order valence-corrected chi connectivity index (χ1v) is 6.80. The van der Waals surface area contributed by atoms with Crippen LogP contribution in [-0.2, 0) is 11.2 Å². The molecule has 0 radical (unpaired) electrons. The van der Waals surface area contributed by atoms with Gasteiger partial charge in [0.2, 0.25) is 5.91 Å². The molecule has 120 valence electrons. The largest absolute Gasteiger partial charge is 0.405 e. The van der Waals surface area contributed by atoms with Crippen molar-refractivity contribution in [1.29, 1.82) is 0 Å². The highest BCUT2D eigenvalue weighted by atomic mass is 19.4. The second kappa shape index (κ2) is 6.67. The molecule has 1 aliphatic heterocycles. The van der Waals surface area contributed by atoms with E-state index < -0.39 is 18.6 Å². The number of hydrogen-bond acceptors (Lipinski definition) is 2. The lowest BCUT2D eigenvalue weighted by Gasteiger charge is -2.22. The molecule has 2 N–H and O–H groups in total. The van der Waals surface area contributed by atoms with Gasteiger partial charge in [-0.1, -0.05) is 18.2 Å². The fourth-order valence-corrected chi connectivity index (χ4v) is 2.27. The Morgan fingerprint density at radius 2 is 2.05 bits per heavy atom. The number of guanidine groups is 1. The van der Waals surface area contributed by atoms with Crippen LogP contribution < -0.4 is 15.5 Å². The molecular formula is C14H17F3N4O. The number of amides is 1. The normalized spacial score (nSPS) is 14.7. The van der Waals surface area contributed by atoms with Crippen molar-refractivity contribution in [2.24, 2.45) is 4.99 Å². The number of alkyl halides is 3. The molecule has 0 fully saturated rings. The Morgan fingerprint density at radius 3 is 2.73 bits per heavy atom. The topological polar surface area (TPSA) is 56.7 Å². The van der Waals surface area contributed by atoms with E-state index in [1.165, 1.54) is 5.56 Å². The molecule has 0 aromatic heterocycles. The SMILES string of the molecule is CN=C(NCC(=O)NCC(F)(F)F)N1CCc2ccccc21. The lowest BCUT2D eigenvalue weighted by atomic mass is 10.2. The van der Waals surface area contributed by atoms with E-state index >= 15 is 0 Å². The highest BCUT2D eigenvalue weighted by molar-refractivity contribution is 5.99. The first-order valence-electron chi connectivity index (χ1n) is 6.80. The number of fused-ring (bicyclic) bond motifs is 1. The summed E-state index contributed by atoms with van der Waals surface area (Å²) in [6, 6.07) is 7.81. The Labute approximate surface area is 126 Å². The highest BCUT2D eigenvalue weighted by Crippen LogP contribution is 2.27. The second-order valence-corrected chi connectivity index (χ2v) is 4.82. The molecule has 1 aliphatic rings. The quantitative estimate of drug-likeness (QED) is 0.653. The van der Waals surface area contributed by atoms with Crippen LogP contribution in [0.2, 0.25) is 0 Å². The van der Waals surface area contributed by atoms with E-state index in [9.17, 15) is 18.0 Å². The lowest BCUT2D eigenvalue weighted by molar-refractivity contribution is -0.137. The summed E-state index contributed by atoms with van der Waals surface area (Å²) in [6.45, 7) is -0.886. The minimum Gasteiger partial charge on any atom is -0.347 e. The molecule has 0 saturated heterocycles.